The van der Waals surface area contributed by atoms with E-state index in [-0.39, 0.29) is 12.0 Å². The highest BCUT2D eigenvalue weighted by Gasteiger charge is 2.29. The van der Waals surface area contributed by atoms with Crippen LogP contribution in [-0.2, 0) is 0 Å². The van der Waals surface area contributed by atoms with E-state index in [9.17, 15) is 4.79 Å². The fourth-order valence-corrected chi connectivity index (χ4v) is 1.63. The zero-order valence-electron chi connectivity index (χ0n) is 6.70. The lowest BCUT2D eigenvalue weighted by atomic mass is 9.93. The van der Waals surface area contributed by atoms with E-state index in [2.05, 4.69) is 10.3 Å². The number of carbonyl (C=O) groups excluding carboxylic acids is 1. The van der Waals surface area contributed by atoms with Crippen LogP contribution in [0.4, 0.5) is 4.79 Å². The van der Waals surface area contributed by atoms with Gasteiger partial charge in [0.25, 0.3) is 0 Å². The van der Waals surface area contributed by atoms with Crippen molar-refractivity contribution in [2.24, 2.45) is 16.6 Å². The number of halogens is 1. The van der Waals surface area contributed by atoms with Gasteiger partial charge in [-0.05, 0) is 6.08 Å². The fourth-order valence-electron chi connectivity index (χ4n) is 1.42. The van der Waals surface area contributed by atoms with Crippen molar-refractivity contribution in [1.29, 1.82) is 0 Å². The third-order valence-corrected chi connectivity index (χ3v) is 2.30. The summed E-state index contributed by atoms with van der Waals surface area (Å²) >= 11 is 5.79. The molecular weight excluding hydrogens is 190 g/mol. The van der Waals surface area contributed by atoms with Gasteiger partial charge in [0.15, 0.2) is 0 Å². The molecule has 1 aliphatic heterocycles. The molecule has 68 valence electrons. The molecular formula is C8H8ClN3O. The normalized spacial score (nSPS) is 31.6. The molecule has 4 nitrogen and oxygen atoms in total. The molecule has 3 N–H and O–H groups in total. The zero-order chi connectivity index (χ0) is 9.42. The van der Waals surface area contributed by atoms with Crippen molar-refractivity contribution in [3.8, 4) is 0 Å². The van der Waals surface area contributed by atoms with Gasteiger partial charge in [0.05, 0.1) is 12.0 Å². The van der Waals surface area contributed by atoms with Gasteiger partial charge in [-0.1, -0.05) is 23.8 Å². The van der Waals surface area contributed by atoms with Crippen molar-refractivity contribution in [3.63, 3.8) is 0 Å². The molecule has 0 saturated carbocycles. The van der Waals surface area contributed by atoms with E-state index in [1.807, 2.05) is 6.08 Å². The first-order valence-corrected chi connectivity index (χ1v) is 4.24. The molecule has 0 bridgehead atoms. The molecule has 2 aliphatic rings. The van der Waals surface area contributed by atoms with Crippen LogP contribution < -0.4 is 11.1 Å². The van der Waals surface area contributed by atoms with Gasteiger partial charge in [-0.2, -0.15) is 4.99 Å². The quantitative estimate of drug-likeness (QED) is 0.602. The average molecular weight is 198 g/mol. The number of amidine groups is 1. The zero-order valence-corrected chi connectivity index (χ0v) is 7.45. The van der Waals surface area contributed by atoms with E-state index in [4.69, 9.17) is 17.3 Å². The van der Waals surface area contributed by atoms with Crippen molar-refractivity contribution in [1.82, 2.24) is 5.32 Å². The summed E-state index contributed by atoms with van der Waals surface area (Å²) in [5.74, 6) is 0.214. The summed E-state index contributed by atoms with van der Waals surface area (Å²) in [6.07, 6.45) is 5.33. The maximum atomic E-state index is 10.9. The van der Waals surface area contributed by atoms with Crippen molar-refractivity contribution in [2.75, 3.05) is 0 Å². The van der Waals surface area contributed by atoms with E-state index in [1.54, 1.807) is 12.2 Å². The van der Waals surface area contributed by atoms with Crippen LogP contribution in [0.25, 0.3) is 0 Å². The standard InChI is InChI=1S/C8H8ClN3O/c9-4-1-2-6-5(3-4)7(10)12-8(13)11-6/h1-3,5-6H,(H3,10,11,12,13). The number of nitrogens with two attached hydrogens (primary N) is 1. The SMILES string of the molecule is NC1=NC(=O)NC2C=CC(Cl)=CC12. The van der Waals surface area contributed by atoms with Gasteiger partial charge in [0, 0.05) is 5.03 Å². The lowest BCUT2D eigenvalue weighted by Gasteiger charge is -2.28. The second kappa shape index (κ2) is 2.88. The van der Waals surface area contributed by atoms with Gasteiger partial charge in [0.2, 0.25) is 0 Å². The number of carbonyl (C=O) groups is 1. The van der Waals surface area contributed by atoms with E-state index in [0.717, 1.165) is 0 Å². The Bertz CT molecular complexity index is 345. The Kier molecular flexibility index (Phi) is 1.84. The van der Waals surface area contributed by atoms with Crippen LogP contribution in [0.15, 0.2) is 28.3 Å². The minimum absolute atomic E-state index is 0.102. The predicted molar refractivity (Wildman–Crippen MR) is 50.5 cm³/mol. The molecule has 1 heterocycles. The number of aliphatic imine (C=N–C) groups is 1. The summed E-state index contributed by atoms with van der Waals surface area (Å²) < 4.78 is 0. The molecule has 1 aliphatic carbocycles. The van der Waals surface area contributed by atoms with Gasteiger partial charge in [-0.25, -0.2) is 4.79 Å². The van der Waals surface area contributed by atoms with E-state index in [0.29, 0.717) is 10.9 Å². The summed E-state index contributed by atoms with van der Waals surface area (Å²) in [4.78, 5) is 14.6. The van der Waals surface area contributed by atoms with Crippen molar-refractivity contribution in [3.05, 3.63) is 23.3 Å². The highest BCUT2D eigenvalue weighted by atomic mass is 35.5. The number of urea groups is 1. The minimum Gasteiger partial charge on any atom is -0.386 e. The smallest absolute Gasteiger partial charge is 0.343 e. The van der Waals surface area contributed by atoms with Crippen LogP contribution in [-0.4, -0.2) is 17.9 Å². The third kappa shape index (κ3) is 1.45. The molecule has 0 aromatic rings. The minimum atomic E-state index is -0.394. The molecule has 2 rings (SSSR count). The Balaban J connectivity index is 2.35. The van der Waals surface area contributed by atoms with Crippen LogP contribution in [0.1, 0.15) is 0 Å². The largest absolute Gasteiger partial charge is 0.386 e. The molecule has 0 spiro atoms. The summed E-state index contributed by atoms with van der Waals surface area (Å²) in [6.45, 7) is 0. The number of fused-ring (bicyclic) bond motifs is 1. The van der Waals surface area contributed by atoms with Gasteiger partial charge < -0.3 is 11.1 Å². The molecule has 13 heavy (non-hydrogen) atoms. The Morgan fingerprint density at radius 3 is 3.15 bits per heavy atom. The molecule has 2 amide bonds. The molecule has 0 aromatic carbocycles. The number of nitrogens with zero attached hydrogens (tertiary/aromatic N) is 1. The maximum Gasteiger partial charge on any atom is 0.343 e. The monoisotopic (exact) mass is 197 g/mol. The fraction of sp³-hybridized carbons (Fsp3) is 0.250. The summed E-state index contributed by atoms with van der Waals surface area (Å²) in [7, 11) is 0. The molecule has 2 unspecified atom stereocenters. The van der Waals surface area contributed by atoms with E-state index < -0.39 is 6.03 Å². The van der Waals surface area contributed by atoms with Gasteiger partial charge in [-0.15, -0.1) is 0 Å². The Labute approximate surface area is 80.2 Å². The highest BCUT2D eigenvalue weighted by molar-refractivity contribution is 6.31. The van der Waals surface area contributed by atoms with Crippen LogP contribution >= 0.6 is 11.6 Å². The van der Waals surface area contributed by atoms with E-state index in [1.165, 1.54) is 0 Å². The van der Waals surface area contributed by atoms with Crippen LogP contribution in [0.3, 0.4) is 0 Å². The predicted octanol–water partition coefficient (Wildman–Crippen LogP) is 0.744. The number of hydrogen-bond donors (Lipinski definition) is 2. The number of amides is 2. The van der Waals surface area contributed by atoms with Crippen molar-refractivity contribution < 1.29 is 4.79 Å². The molecule has 0 radical (unpaired) electrons. The Morgan fingerprint density at radius 1 is 1.62 bits per heavy atom. The number of allylic oxidation sites excluding steroid dienone is 2. The highest BCUT2D eigenvalue weighted by Crippen LogP contribution is 2.22. The second-order valence-corrected chi connectivity index (χ2v) is 3.38. The summed E-state index contributed by atoms with van der Waals surface area (Å²) in [6, 6.07) is -0.498. The van der Waals surface area contributed by atoms with Gasteiger partial charge in [-0.3, -0.25) is 0 Å². The maximum absolute atomic E-state index is 10.9. The van der Waals surface area contributed by atoms with Gasteiger partial charge >= 0.3 is 6.03 Å². The summed E-state index contributed by atoms with van der Waals surface area (Å²) in [5.41, 5.74) is 5.59. The van der Waals surface area contributed by atoms with Crippen LogP contribution in [0.2, 0.25) is 0 Å². The first kappa shape index (κ1) is 8.31. The topological polar surface area (TPSA) is 67.5 Å². The van der Waals surface area contributed by atoms with Crippen molar-refractivity contribution >= 4 is 23.5 Å². The first-order valence-electron chi connectivity index (χ1n) is 3.87. The van der Waals surface area contributed by atoms with Crippen molar-refractivity contribution in [2.45, 2.75) is 6.04 Å². The molecule has 0 fully saturated rings. The molecule has 0 aromatic heterocycles. The lowest BCUT2D eigenvalue weighted by Crippen LogP contribution is -2.48. The molecule has 5 heteroatoms. The van der Waals surface area contributed by atoms with E-state index >= 15 is 0 Å². The summed E-state index contributed by atoms with van der Waals surface area (Å²) in [5, 5.41) is 3.29. The first-order chi connectivity index (χ1) is 6.16. The van der Waals surface area contributed by atoms with Crippen LogP contribution in [0, 0.1) is 5.92 Å². The van der Waals surface area contributed by atoms with Gasteiger partial charge in [0.1, 0.15) is 5.84 Å². The number of rotatable bonds is 0. The number of nitrogens with one attached hydrogen (secondary N) is 1. The second-order valence-electron chi connectivity index (χ2n) is 2.95. The Morgan fingerprint density at radius 2 is 2.38 bits per heavy atom. The lowest BCUT2D eigenvalue weighted by molar-refractivity contribution is 0.244. The van der Waals surface area contributed by atoms with Crippen LogP contribution in [0.5, 0.6) is 0 Å². The number of hydrogen-bond acceptors (Lipinski definition) is 2. The molecule has 2 atom stereocenters. The third-order valence-electron chi connectivity index (χ3n) is 2.05. The average Bonchev–Trinajstić information content (AvgIpc) is 2.06. The Hall–Kier alpha value is -1.29. The molecule has 0 saturated heterocycles.